The van der Waals surface area contributed by atoms with Crippen LogP contribution in [-0.2, 0) is 11.3 Å². The number of carbonyl (C=O) groups excluding carboxylic acids is 1. The van der Waals surface area contributed by atoms with Crippen LogP contribution in [0, 0.1) is 6.92 Å². The second-order valence-corrected chi connectivity index (χ2v) is 6.01. The van der Waals surface area contributed by atoms with Gasteiger partial charge in [-0.2, -0.15) is 0 Å². The zero-order chi connectivity index (χ0) is 15.9. The summed E-state index contributed by atoms with van der Waals surface area (Å²) in [5.74, 6) is 0.220. The van der Waals surface area contributed by atoms with Gasteiger partial charge in [-0.05, 0) is 13.0 Å². The van der Waals surface area contributed by atoms with Crippen molar-refractivity contribution in [3.8, 4) is 5.75 Å². The molecule has 0 unspecified atom stereocenters. The van der Waals surface area contributed by atoms with E-state index in [4.69, 9.17) is 14.0 Å². The number of aryl methyl sites for hydroxylation is 1. The number of aromatic nitrogens is 1. The molecule has 0 atom stereocenters. The molecule has 1 saturated heterocycles. The van der Waals surface area contributed by atoms with Gasteiger partial charge in [0, 0.05) is 31.5 Å². The van der Waals surface area contributed by atoms with Gasteiger partial charge < -0.3 is 18.9 Å². The summed E-state index contributed by atoms with van der Waals surface area (Å²) >= 11 is 0. The third-order valence-corrected chi connectivity index (χ3v) is 4.55. The van der Waals surface area contributed by atoms with Crippen LogP contribution < -0.4 is 4.74 Å². The van der Waals surface area contributed by atoms with E-state index < -0.39 is 5.79 Å². The SMILES string of the molecule is Cc1nocc1C(=O)N1CCC2(CC1)OCc1ccccc1O2. The van der Waals surface area contributed by atoms with Crippen molar-refractivity contribution in [1.29, 1.82) is 0 Å². The summed E-state index contributed by atoms with van der Waals surface area (Å²) in [6.07, 6.45) is 2.71. The zero-order valence-corrected chi connectivity index (χ0v) is 12.9. The van der Waals surface area contributed by atoms with Crippen LogP contribution in [0.4, 0.5) is 0 Å². The van der Waals surface area contributed by atoms with Crippen LogP contribution in [0.2, 0.25) is 0 Å². The Labute approximate surface area is 134 Å². The molecule has 6 heteroatoms. The fourth-order valence-electron chi connectivity index (χ4n) is 3.13. The summed E-state index contributed by atoms with van der Waals surface area (Å²) in [5.41, 5.74) is 2.21. The molecule has 1 fully saturated rings. The van der Waals surface area contributed by atoms with E-state index in [0.29, 0.717) is 43.8 Å². The van der Waals surface area contributed by atoms with Crippen molar-refractivity contribution >= 4 is 5.91 Å². The smallest absolute Gasteiger partial charge is 0.259 e. The van der Waals surface area contributed by atoms with E-state index in [1.165, 1.54) is 6.26 Å². The van der Waals surface area contributed by atoms with Gasteiger partial charge in [-0.25, -0.2) is 0 Å². The van der Waals surface area contributed by atoms with Gasteiger partial charge in [0.2, 0.25) is 5.79 Å². The van der Waals surface area contributed by atoms with E-state index >= 15 is 0 Å². The van der Waals surface area contributed by atoms with Crippen LogP contribution >= 0.6 is 0 Å². The summed E-state index contributed by atoms with van der Waals surface area (Å²) in [6.45, 7) is 3.50. The van der Waals surface area contributed by atoms with Crippen molar-refractivity contribution in [2.75, 3.05) is 13.1 Å². The highest BCUT2D eigenvalue weighted by atomic mass is 16.7. The number of piperidine rings is 1. The van der Waals surface area contributed by atoms with E-state index in [0.717, 1.165) is 11.3 Å². The van der Waals surface area contributed by atoms with E-state index in [9.17, 15) is 4.79 Å². The molecule has 2 aromatic rings. The lowest BCUT2D eigenvalue weighted by Gasteiger charge is -2.43. The highest BCUT2D eigenvalue weighted by Gasteiger charge is 2.42. The van der Waals surface area contributed by atoms with Gasteiger partial charge in [-0.3, -0.25) is 4.79 Å². The Morgan fingerprint density at radius 3 is 2.78 bits per heavy atom. The maximum absolute atomic E-state index is 12.5. The molecular formula is C17H18N2O4. The first-order valence-electron chi connectivity index (χ1n) is 7.78. The Morgan fingerprint density at radius 2 is 2.04 bits per heavy atom. The second-order valence-electron chi connectivity index (χ2n) is 6.01. The molecule has 1 aromatic heterocycles. The maximum atomic E-state index is 12.5. The number of hydrogen-bond donors (Lipinski definition) is 0. The number of benzene rings is 1. The van der Waals surface area contributed by atoms with E-state index in [1.807, 2.05) is 24.3 Å². The quantitative estimate of drug-likeness (QED) is 0.809. The monoisotopic (exact) mass is 314 g/mol. The van der Waals surface area contributed by atoms with Gasteiger partial charge in [-0.1, -0.05) is 23.4 Å². The molecule has 0 aliphatic carbocycles. The van der Waals surface area contributed by atoms with E-state index in [2.05, 4.69) is 5.16 Å². The first kappa shape index (κ1) is 14.3. The molecular weight excluding hydrogens is 296 g/mol. The molecule has 1 amide bonds. The zero-order valence-electron chi connectivity index (χ0n) is 12.9. The Hall–Kier alpha value is -2.34. The number of rotatable bonds is 1. The normalized spacial score (nSPS) is 19.3. The van der Waals surface area contributed by atoms with Gasteiger partial charge in [0.25, 0.3) is 5.91 Å². The average Bonchev–Trinajstić information content (AvgIpc) is 3.01. The molecule has 0 radical (unpaired) electrons. The summed E-state index contributed by atoms with van der Waals surface area (Å²) in [4.78, 5) is 14.3. The number of para-hydroxylation sites is 1. The predicted molar refractivity (Wildman–Crippen MR) is 81.0 cm³/mol. The Morgan fingerprint density at radius 1 is 1.26 bits per heavy atom. The fraction of sp³-hybridized carbons (Fsp3) is 0.412. The lowest BCUT2D eigenvalue weighted by atomic mass is 10.0. The van der Waals surface area contributed by atoms with Gasteiger partial charge in [0.15, 0.2) is 0 Å². The van der Waals surface area contributed by atoms with Crippen LogP contribution in [0.1, 0.15) is 34.5 Å². The minimum Gasteiger partial charge on any atom is -0.462 e. The Kier molecular flexibility index (Phi) is 3.34. The standard InChI is InChI=1S/C17H18N2O4/c1-12-14(11-22-18-12)16(20)19-8-6-17(7-9-19)21-10-13-4-2-3-5-15(13)23-17/h2-5,11H,6-10H2,1H3. The van der Waals surface area contributed by atoms with Crippen LogP contribution in [0.25, 0.3) is 0 Å². The van der Waals surface area contributed by atoms with Gasteiger partial charge in [0.1, 0.15) is 17.6 Å². The number of ether oxygens (including phenoxy) is 2. The van der Waals surface area contributed by atoms with Crippen molar-refractivity contribution < 1.29 is 18.8 Å². The molecule has 0 saturated carbocycles. The number of likely N-dealkylation sites (tertiary alicyclic amines) is 1. The van der Waals surface area contributed by atoms with Crippen LogP contribution in [0.15, 0.2) is 35.1 Å². The van der Waals surface area contributed by atoms with Crippen molar-refractivity contribution in [3.05, 3.63) is 47.3 Å². The molecule has 0 N–H and O–H groups in total. The lowest BCUT2D eigenvalue weighted by molar-refractivity contribution is -0.225. The third kappa shape index (κ3) is 2.49. The first-order chi connectivity index (χ1) is 11.2. The van der Waals surface area contributed by atoms with Crippen molar-refractivity contribution in [2.45, 2.75) is 32.2 Å². The molecule has 1 aromatic carbocycles. The highest BCUT2D eigenvalue weighted by Crippen LogP contribution is 2.37. The molecule has 23 heavy (non-hydrogen) atoms. The maximum Gasteiger partial charge on any atom is 0.259 e. The highest BCUT2D eigenvalue weighted by molar-refractivity contribution is 5.94. The number of fused-ring (bicyclic) bond motifs is 1. The minimum absolute atomic E-state index is 0.0465. The van der Waals surface area contributed by atoms with Crippen LogP contribution in [-0.4, -0.2) is 34.8 Å². The third-order valence-electron chi connectivity index (χ3n) is 4.55. The Bertz CT molecular complexity index is 732. The summed E-state index contributed by atoms with van der Waals surface area (Å²) < 4.78 is 17.0. The predicted octanol–water partition coefficient (Wildman–Crippen LogP) is 2.52. The summed E-state index contributed by atoms with van der Waals surface area (Å²) in [6, 6.07) is 7.92. The first-order valence-corrected chi connectivity index (χ1v) is 7.78. The van der Waals surface area contributed by atoms with Crippen molar-refractivity contribution in [2.24, 2.45) is 0 Å². The average molecular weight is 314 g/mol. The molecule has 0 bridgehead atoms. The second kappa shape index (κ2) is 5.38. The van der Waals surface area contributed by atoms with Gasteiger partial charge in [-0.15, -0.1) is 0 Å². The summed E-state index contributed by atoms with van der Waals surface area (Å²) in [5, 5.41) is 3.77. The topological polar surface area (TPSA) is 64.8 Å². The number of nitrogens with zero attached hydrogens (tertiary/aromatic N) is 2. The van der Waals surface area contributed by atoms with Gasteiger partial charge in [0.05, 0.1) is 12.3 Å². The Balaban J connectivity index is 1.46. The molecule has 2 aliphatic heterocycles. The molecule has 1 spiro atoms. The van der Waals surface area contributed by atoms with Crippen molar-refractivity contribution in [3.63, 3.8) is 0 Å². The molecule has 6 nitrogen and oxygen atoms in total. The number of carbonyl (C=O) groups is 1. The van der Waals surface area contributed by atoms with Gasteiger partial charge >= 0.3 is 0 Å². The summed E-state index contributed by atoms with van der Waals surface area (Å²) in [7, 11) is 0. The molecule has 120 valence electrons. The van der Waals surface area contributed by atoms with E-state index in [1.54, 1.807) is 11.8 Å². The molecule has 3 heterocycles. The van der Waals surface area contributed by atoms with Crippen molar-refractivity contribution in [1.82, 2.24) is 10.1 Å². The van der Waals surface area contributed by atoms with E-state index in [-0.39, 0.29) is 5.91 Å². The largest absolute Gasteiger partial charge is 0.462 e. The van der Waals surface area contributed by atoms with Crippen LogP contribution in [0.3, 0.4) is 0 Å². The fourth-order valence-corrected chi connectivity index (χ4v) is 3.13. The minimum atomic E-state index is -0.616. The molecule has 2 aliphatic rings. The number of hydrogen-bond acceptors (Lipinski definition) is 5. The lowest BCUT2D eigenvalue weighted by Crippen LogP contribution is -2.52. The molecule has 4 rings (SSSR count). The number of amides is 1. The van der Waals surface area contributed by atoms with Crippen LogP contribution in [0.5, 0.6) is 5.75 Å².